The highest BCUT2D eigenvalue weighted by atomic mass is 35.5. The number of fused-ring (bicyclic) bond motifs is 1. The minimum absolute atomic E-state index is 0.0283. The molecule has 0 saturated heterocycles. The van der Waals surface area contributed by atoms with E-state index in [-0.39, 0.29) is 64.8 Å². The van der Waals surface area contributed by atoms with Crippen LogP contribution in [-0.4, -0.2) is 52.6 Å². The van der Waals surface area contributed by atoms with Crippen molar-refractivity contribution in [1.82, 2.24) is 20.3 Å². The Labute approximate surface area is 227 Å². The van der Waals surface area contributed by atoms with E-state index in [1.165, 1.54) is 25.1 Å². The van der Waals surface area contributed by atoms with E-state index in [0.717, 1.165) is 0 Å². The molecule has 16 heteroatoms. The number of aromatic amines is 1. The monoisotopic (exact) mass is 595 g/mol. The number of H-pyrrole nitrogens is 1. The third-order valence-corrected chi connectivity index (χ3v) is 6.71. The number of carbonyl (C=O) groups excluding carboxylic acids is 2. The van der Waals surface area contributed by atoms with Gasteiger partial charge in [0.05, 0.1) is 33.4 Å². The smallest absolute Gasteiger partial charge is 0.403 e. The van der Waals surface area contributed by atoms with Crippen molar-refractivity contribution in [2.45, 2.75) is 39.1 Å². The summed E-state index contributed by atoms with van der Waals surface area (Å²) >= 11 is 12.7. The highest BCUT2D eigenvalue weighted by Gasteiger charge is 2.68. The number of hydrogen-bond acceptors (Lipinski definition) is 7. The van der Waals surface area contributed by atoms with Crippen LogP contribution in [0.5, 0.6) is 5.88 Å². The Kier molecular flexibility index (Phi) is 8.19. The third-order valence-electron chi connectivity index (χ3n) is 5.96. The summed E-state index contributed by atoms with van der Waals surface area (Å²) in [6, 6.07) is 4.32. The highest BCUT2D eigenvalue weighted by Crippen LogP contribution is 2.57. The number of ether oxygens (including phenoxy) is 2. The number of anilines is 2. The molecule has 39 heavy (non-hydrogen) atoms. The fourth-order valence-corrected chi connectivity index (χ4v) is 4.23. The average molecular weight is 596 g/mol. The molecule has 3 aromatic rings. The van der Waals surface area contributed by atoms with E-state index < -0.39 is 36.5 Å². The molecule has 1 fully saturated rings. The number of nitrogens with zero attached hydrogens (tertiary/aromatic N) is 2. The van der Waals surface area contributed by atoms with Crippen molar-refractivity contribution in [1.29, 1.82) is 0 Å². The third kappa shape index (κ3) is 6.17. The topological polar surface area (TPSA) is 118 Å². The number of Topliss-reactive ketones (excluding diaryl/α,β-unsaturated/α-hetero) is 1. The second-order valence-electron chi connectivity index (χ2n) is 8.62. The molecule has 1 aliphatic carbocycles. The summed E-state index contributed by atoms with van der Waals surface area (Å²) in [5.41, 5.74) is -1.44. The summed E-state index contributed by atoms with van der Waals surface area (Å²) in [6.07, 6.45) is -5.19. The van der Waals surface area contributed by atoms with Crippen LogP contribution in [0.2, 0.25) is 10.0 Å². The van der Waals surface area contributed by atoms with Gasteiger partial charge in [-0.1, -0.05) is 29.3 Å². The number of rotatable bonds is 11. The van der Waals surface area contributed by atoms with Gasteiger partial charge in [-0.05, 0) is 37.5 Å². The molecule has 2 aromatic heterocycles. The molecule has 1 amide bonds. The van der Waals surface area contributed by atoms with Gasteiger partial charge in [0.1, 0.15) is 12.0 Å². The fraction of sp³-hybridized carbons (Fsp3) is 0.391. The Bertz CT molecular complexity index is 1410. The van der Waals surface area contributed by atoms with Gasteiger partial charge in [0.25, 0.3) is 0 Å². The van der Waals surface area contributed by atoms with Gasteiger partial charge < -0.3 is 25.1 Å². The van der Waals surface area contributed by atoms with Gasteiger partial charge in [0, 0.05) is 6.54 Å². The van der Waals surface area contributed by atoms with Gasteiger partial charge in [-0.15, -0.1) is 0 Å². The summed E-state index contributed by atoms with van der Waals surface area (Å²) in [5, 5.41) is 5.32. The predicted molar refractivity (Wildman–Crippen MR) is 131 cm³/mol. The lowest BCUT2D eigenvalue weighted by atomic mass is 10.1. The van der Waals surface area contributed by atoms with Crippen molar-refractivity contribution < 1.29 is 41.0 Å². The molecule has 1 saturated carbocycles. The number of pyridine rings is 1. The summed E-state index contributed by atoms with van der Waals surface area (Å²) in [7, 11) is 0. The lowest BCUT2D eigenvalue weighted by molar-refractivity contribution is -0.192. The lowest BCUT2D eigenvalue weighted by Crippen LogP contribution is -2.40. The predicted octanol–water partition coefficient (Wildman–Crippen LogP) is 5.79. The molecule has 1 aromatic carbocycles. The number of imidazole rings is 1. The van der Waals surface area contributed by atoms with Crippen LogP contribution in [0.25, 0.3) is 11.2 Å². The minimum atomic E-state index is -4.64. The number of nitrogens with one attached hydrogen (secondary N) is 3. The Balaban J connectivity index is 1.53. The first-order valence-electron chi connectivity index (χ1n) is 11.4. The van der Waals surface area contributed by atoms with Crippen LogP contribution in [-0.2, 0) is 16.1 Å². The fourth-order valence-electron chi connectivity index (χ4n) is 3.70. The maximum Gasteiger partial charge on any atom is 0.403 e. The molecule has 0 spiro atoms. The van der Waals surface area contributed by atoms with Crippen molar-refractivity contribution in [3.05, 3.63) is 39.4 Å². The molecule has 0 unspecified atom stereocenters. The van der Waals surface area contributed by atoms with Crippen molar-refractivity contribution in [3.8, 4) is 5.88 Å². The van der Waals surface area contributed by atoms with Crippen LogP contribution >= 0.6 is 23.2 Å². The van der Waals surface area contributed by atoms with Gasteiger partial charge in [-0.2, -0.15) is 31.9 Å². The zero-order valence-corrected chi connectivity index (χ0v) is 21.5. The van der Waals surface area contributed by atoms with Gasteiger partial charge >= 0.3 is 12.8 Å². The van der Waals surface area contributed by atoms with Crippen molar-refractivity contribution in [2.75, 3.05) is 18.5 Å². The van der Waals surface area contributed by atoms with Crippen molar-refractivity contribution in [3.63, 3.8) is 0 Å². The number of aromatic nitrogens is 3. The van der Waals surface area contributed by atoms with Gasteiger partial charge in [0.2, 0.25) is 17.7 Å². The van der Waals surface area contributed by atoms with Gasteiger partial charge in [-0.25, -0.2) is 0 Å². The normalized spacial score (nSPS) is 14.5. The van der Waals surface area contributed by atoms with E-state index >= 15 is 0 Å². The van der Waals surface area contributed by atoms with E-state index in [4.69, 9.17) is 27.9 Å². The van der Waals surface area contributed by atoms with Crippen LogP contribution in [0.15, 0.2) is 18.2 Å². The molecule has 210 valence electrons. The van der Waals surface area contributed by atoms with E-state index in [1.54, 1.807) is 0 Å². The molecular formula is C23H20Cl2F5N5O4. The molecular weight excluding hydrogens is 576 g/mol. The summed E-state index contributed by atoms with van der Waals surface area (Å²) in [5.74, 6) is -1.58. The molecule has 0 aliphatic heterocycles. The van der Waals surface area contributed by atoms with E-state index in [2.05, 4.69) is 30.3 Å². The average Bonchev–Trinajstić information content (AvgIpc) is 3.59. The molecule has 1 aliphatic rings. The maximum atomic E-state index is 13.2. The molecule has 2 heterocycles. The Morgan fingerprint density at radius 3 is 2.51 bits per heavy atom. The Hall–Kier alpha value is -3.23. The molecule has 3 N–H and O–H groups in total. The quantitative estimate of drug-likeness (QED) is 0.146. The van der Waals surface area contributed by atoms with Crippen LogP contribution in [0.4, 0.5) is 33.6 Å². The van der Waals surface area contributed by atoms with Gasteiger partial charge in [0.15, 0.2) is 11.4 Å². The largest absolute Gasteiger partial charge is 0.475 e. The Morgan fingerprint density at radius 1 is 1.18 bits per heavy atom. The zero-order chi connectivity index (χ0) is 28.5. The van der Waals surface area contributed by atoms with Crippen LogP contribution in [0, 0.1) is 5.41 Å². The molecule has 0 atom stereocenters. The van der Waals surface area contributed by atoms with Crippen LogP contribution in [0.3, 0.4) is 0 Å². The first-order chi connectivity index (χ1) is 18.3. The van der Waals surface area contributed by atoms with Crippen LogP contribution in [0.1, 0.15) is 35.7 Å². The highest BCUT2D eigenvalue weighted by molar-refractivity contribution is 6.39. The number of benzene rings is 1. The standard InChI is InChI=1S/C23H20Cl2F5N5O4/c1-10(36)12-8-14-17(34-18(12)38-6-7-39-20(26)27)35-21(32-14)33-16-13(24)3-2-11(15(16)25)9-31-19(37)22(4-5-22)23(28,29)30/h2-3,8,20H,4-7,9H2,1H3,(H,31,37)(H2,32,33,34,35). The zero-order valence-electron chi connectivity index (χ0n) is 20.0. The molecule has 9 nitrogen and oxygen atoms in total. The number of halogens is 7. The molecule has 0 bridgehead atoms. The first kappa shape index (κ1) is 28.8. The van der Waals surface area contributed by atoms with Crippen molar-refractivity contribution in [2.24, 2.45) is 5.41 Å². The SMILES string of the molecule is CC(=O)c1cc2[nH]c(Nc3c(Cl)ccc(CNC(=O)C4(C(F)(F)F)CC4)c3Cl)nc2nc1OCCOC(F)F. The maximum absolute atomic E-state index is 13.2. The van der Waals surface area contributed by atoms with Crippen molar-refractivity contribution >= 4 is 57.7 Å². The molecule has 4 rings (SSSR count). The number of amides is 1. The second-order valence-corrected chi connectivity index (χ2v) is 9.40. The summed E-state index contributed by atoms with van der Waals surface area (Å²) in [6.45, 7) is -2.71. The van der Waals surface area contributed by atoms with E-state index in [1.807, 2.05) is 0 Å². The summed E-state index contributed by atoms with van der Waals surface area (Å²) < 4.78 is 73.4. The molecule has 0 radical (unpaired) electrons. The first-order valence-corrected chi connectivity index (χ1v) is 12.1. The minimum Gasteiger partial charge on any atom is -0.475 e. The van der Waals surface area contributed by atoms with Crippen LogP contribution < -0.4 is 15.4 Å². The second kappa shape index (κ2) is 11.1. The number of carbonyl (C=O) groups is 2. The summed E-state index contributed by atoms with van der Waals surface area (Å²) in [4.78, 5) is 35.6. The number of ketones is 1. The Morgan fingerprint density at radius 2 is 1.90 bits per heavy atom. The van der Waals surface area contributed by atoms with E-state index in [0.29, 0.717) is 11.1 Å². The van der Waals surface area contributed by atoms with Gasteiger partial charge in [-0.3, -0.25) is 9.59 Å². The lowest BCUT2D eigenvalue weighted by Gasteiger charge is -2.19. The number of hydrogen-bond donors (Lipinski definition) is 3. The number of alkyl halides is 5. The van der Waals surface area contributed by atoms with E-state index in [9.17, 15) is 31.5 Å².